The molecule has 3 heterocycles. The van der Waals surface area contributed by atoms with E-state index in [2.05, 4.69) is 9.97 Å². The fourth-order valence-electron chi connectivity index (χ4n) is 3.87. The third kappa shape index (κ3) is 2.86. The van der Waals surface area contributed by atoms with Crippen LogP contribution in [-0.2, 0) is 0 Å². The monoisotopic (exact) mass is 386 g/mol. The van der Waals surface area contributed by atoms with Crippen LogP contribution >= 0.6 is 0 Å². The predicted octanol–water partition coefficient (Wildman–Crippen LogP) is 3.06. The summed E-state index contributed by atoms with van der Waals surface area (Å²) in [6.07, 6.45) is 3.19. The van der Waals surface area contributed by atoms with Crippen LogP contribution in [0, 0.1) is 0 Å². The lowest BCUT2D eigenvalue weighted by Gasteiger charge is -2.26. The Kier molecular flexibility index (Phi) is 4.08. The summed E-state index contributed by atoms with van der Waals surface area (Å²) in [5.74, 6) is -1.02. The number of nitrogens with zero attached hydrogens (tertiary/aromatic N) is 4. The first-order valence-corrected chi connectivity index (χ1v) is 9.68. The number of amides is 3. The van der Waals surface area contributed by atoms with Crippen molar-refractivity contribution in [3.63, 3.8) is 0 Å². The molecule has 0 bridgehead atoms. The summed E-state index contributed by atoms with van der Waals surface area (Å²) in [5.41, 5.74) is 2.20. The molecule has 1 saturated heterocycles. The fourth-order valence-corrected chi connectivity index (χ4v) is 3.87. The first kappa shape index (κ1) is 17.5. The van der Waals surface area contributed by atoms with E-state index in [1.54, 1.807) is 48.5 Å². The van der Waals surface area contributed by atoms with E-state index >= 15 is 0 Å². The molecular formula is C22H18N4O3. The number of aromatic nitrogens is 2. The Morgan fingerprint density at radius 1 is 0.759 bits per heavy atom. The lowest BCUT2D eigenvalue weighted by Crippen LogP contribution is -2.35. The molecule has 7 heteroatoms. The van der Waals surface area contributed by atoms with E-state index in [4.69, 9.17) is 0 Å². The van der Waals surface area contributed by atoms with Crippen molar-refractivity contribution in [1.29, 1.82) is 0 Å². The van der Waals surface area contributed by atoms with Crippen LogP contribution in [0.1, 0.15) is 50.6 Å². The Morgan fingerprint density at radius 2 is 1.31 bits per heavy atom. The van der Waals surface area contributed by atoms with Crippen molar-refractivity contribution in [2.75, 3.05) is 18.0 Å². The minimum atomic E-state index is -0.502. The number of benzene rings is 2. The number of para-hydroxylation sites is 2. The molecule has 0 saturated carbocycles. The van der Waals surface area contributed by atoms with Gasteiger partial charge in [0.2, 0.25) is 0 Å². The van der Waals surface area contributed by atoms with Gasteiger partial charge in [0.15, 0.2) is 11.4 Å². The van der Waals surface area contributed by atoms with Crippen LogP contribution < -0.4 is 4.90 Å². The van der Waals surface area contributed by atoms with Crippen molar-refractivity contribution in [3.05, 3.63) is 65.5 Å². The van der Waals surface area contributed by atoms with Crippen molar-refractivity contribution in [3.8, 4) is 0 Å². The Hall–Kier alpha value is -3.61. The van der Waals surface area contributed by atoms with Gasteiger partial charge in [-0.05, 0) is 55.7 Å². The summed E-state index contributed by atoms with van der Waals surface area (Å²) >= 11 is 0. The molecule has 0 radical (unpaired) electrons. The van der Waals surface area contributed by atoms with E-state index in [0.717, 1.165) is 37.3 Å². The van der Waals surface area contributed by atoms with Gasteiger partial charge in [-0.15, -0.1) is 0 Å². The van der Waals surface area contributed by atoms with Crippen LogP contribution in [0.15, 0.2) is 48.5 Å². The Morgan fingerprint density at radius 3 is 1.86 bits per heavy atom. The van der Waals surface area contributed by atoms with E-state index in [0.29, 0.717) is 22.3 Å². The SMILES string of the molecule is O=C(c1ccc(N2C(=O)c3nc4ccccc4nc3C2=O)cc1)N1CCCCC1. The standard InChI is InChI=1S/C22H18N4O3/c27-20(25-12-4-1-5-13-25)14-8-10-15(11-9-14)26-21(28)18-19(22(26)29)24-17-7-3-2-6-16(17)23-18/h2-3,6-11H,1,4-5,12-13H2. The molecule has 3 amide bonds. The van der Waals surface area contributed by atoms with Crippen LogP contribution in [0.4, 0.5) is 5.69 Å². The molecule has 0 aliphatic carbocycles. The number of carbonyl (C=O) groups is 3. The fraction of sp³-hybridized carbons (Fsp3) is 0.227. The van der Waals surface area contributed by atoms with E-state index in [9.17, 15) is 14.4 Å². The van der Waals surface area contributed by atoms with Gasteiger partial charge in [0.25, 0.3) is 17.7 Å². The molecule has 1 aromatic heterocycles. The summed E-state index contributed by atoms with van der Waals surface area (Å²) < 4.78 is 0. The van der Waals surface area contributed by atoms with Crippen molar-refractivity contribution in [2.45, 2.75) is 19.3 Å². The Bertz CT molecular complexity index is 1100. The topological polar surface area (TPSA) is 83.5 Å². The summed E-state index contributed by atoms with van der Waals surface area (Å²) in [7, 11) is 0. The Labute approximate surface area is 167 Å². The molecular weight excluding hydrogens is 368 g/mol. The van der Waals surface area contributed by atoms with Crippen LogP contribution in [0.2, 0.25) is 0 Å². The zero-order valence-corrected chi connectivity index (χ0v) is 15.7. The van der Waals surface area contributed by atoms with Gasteiger partial charge in [0.05, 0.1) is 16.7 Å². The van der Waals surface area contributed by atoms with Crippen LogP contribution in [0.25, 0.3) is 11.0 Å². The molecule has 2 aliphatic rings. The molecule has 3 aromatic rings. The number of imide groups is 1. The molecule has 0 spiro atoms. The first-order chi connectivity index (χ1) is 14.1. The highest BCUT2D eigenvalue weighted by Crippen LogP contribution is 2.28. The second kappa shape index (κ2) is 6.77. The lowest BCUT2D eigenvalue weighted by molar-refractivity contribution is 0.0724. The lowest BCUT2D eigenvalue weighted by atomic mass is 10.1. The van der Waals surface area contributed by atoms with Crippen LogP contribution in [0.3, 0.4) is 0 Å². The third-order valence-corrected chi connectivity index (χ3v) is 5.40. The first-order valence-electron chi connectivity index (χ1n) is 9.68. The van der Waals surface area contributed by atoms with Gasteiger partial charge in [0, 0.05) is 18.7 Å². The molecule has 0 N–H and O–H groups in total. The van der Waals surface area contributed by atoms with Crippen molar-refractivity contribution < 1.29 is 14.4 Å². The summed E-state index contributed by atoms with van der Waals surface area (Å²) in [6.45, 7) is 1.54. The van der Waals surface area contributed by atoms with E-state index < -0.39 is 11.8 Å². The van der Waals surface area contributed by atoms with E-state index in [-0.39, 0.29) is 17.3 Å². The van der Waals surface area contributed by atoms with Gasteiger partial charge in [0.1, 0.15) is 0 Å². The second-order valence-electron chi connectivity index (χ2n) is 7.25. The number of likely N-dealkylation sites (tertiary alicyclic amines) is 1. The maximum absolute atomic E-state index is 12.8. The average molecular weight is 386 g/mol. The quantitative estimate of drug-likeness (QED) is 0.632. The van der Waals surface area contributed by atoms with Crippen molar-refractivity contribution in [1.82, 2.24) is 14.9 Å². The minimum Gasteiger partial charge on any atom is -0.339 e. The smallest absolute Gasteiger partial charge is 0.286 e. The van der Waals surface area contributed by atoms with Gasteiger partial charge in [-0.25, -0.2) is 14.9 Å². The molecule has 0 atom stereocenters. The molecule has 2 aromatic carbocycles. The molecule has 144 valence electrons. The van der Waals surface area contributed by atoms with Gasteiger partial charge in [-0.3, -0.25) is 14.4 Å². The highest BCUT2D eigenvalue weighted by Gasteiger charge is 2.40. The highest BCUT2D eigenvalue weighted by molar-refractivity contribution is 6.33. The van der Waals surface area contributed by atoms with E-state index in [1.165, 1.54) is 0 Å². The largest absolute Gasteiger partial charge is 0.339 e. The maximum atomic E-state index is 12.8. The zero-order chi connectivity index (χ0) is 20.0. The van der Waals surface area contributed by atoms with Crippen molar-refractivity contribution in [2.24, 2.45) is 0 Å². The zero-order valence-electron chi connectivity index (χ0n) is 15.7. The number of piperidine rings is 1. The molecule has 0 unspecified atom stereocenters. The molecule has 7 nitrogen and oxygen atoms in total. The molecule has 5 rings (SSSR count). The summed E-state index contributed by atoms with van der Waals surface area (Å²) in [4.78, 5) is 49.9. The number of carbonyl (C=O) groups excluding carboxylic acids is 3. The number of hydrogen-bond donors (Lipinski definition) is 0. The summed E-state index contributed by atoms with van der Waals surface area (Å²) in [6, 6.07) is 13.7. The number of rotatable bonds is 2. The minimum absolute atomic E-state index is 0.0202. The number of fused-ring (bicyclic) bond motifs is 2. The average Bonchev–Trinajstić information content (AvgIpc) is 3.02. The summed E-state index contributed by atoms with van der Waals surface area (Å²) in [5, 5.41) is 0. The predicted molar refractivity (Wildman–Crippen MR) is 107 cm³/mol. The molecule has 2 aliphatic heterocycles. The normalized spacial score (nSPS) is 16.4. The third-order valence-electron chi connectivity index (χ3n) is 5.40. The van der Waals surface area contributed by atoms with Gasteiger partial charge < -0.3 is 4.90 Å². The number of anilines is 1. The Balaban J connectivity index is 1.45. The van der Waals surface area contributed by atoms with Gasteiger partial charge >= 0.3 is 0 Å². The van der Waals surface area contributed by atoms with Crippen LogP contribution in [0.5, 0.6) is 0 Å². The second-order valence-corrected chi connectivity index (χ2v) is 7.25. The molecule has 29 heavy (non-hydrogen) atoms. The van der Waals surface area contributed by atoms with Crippen molar-refractivity contribution >= 4 is 34.4 Å². The maximum Gasteiger partial charge on any atom is 0.286 e. The van der Waals surface area contributed by atoms with Gasteiger partial charge in [-0.1, -0.05) is 12.1 Å². The van der Waals surface area contributed by atoms with Gasteiger partial charge in [-0.2, -0.15) is 0 Å². The highest BCUT2D eigenvalue weighted by atomic mass is 16.2. The van der Waals surface area contributed by atoms with Crippen LogP contribution in [-0.4, -0.2) is 45.7 Å². The molecule has 1 fully saturated rings. The van der Waals surface area contributed by atoms with E-state index in [1.807, 2.05) is 4.90 Å². The number of hydrogen-bond acceptors (Lipinski definition) is 5.